The van der Waals surface area contributed by atoms with Crippen molar-refractivity contribution < 1.29 is 9.53 Å². The van der Waals surface area contributed by atoms with E-state index in [1.54, 1.807) is 4.68 Å². The summed E-state index contributed by atoms with van der Waals surface area (Å²) in [5.74, 6) is 3.27. The Kier molecular flexibility index (Phi) is 4.86. The zero-order valence-electron chi connectivity index (χ0n) is 15.7. The number of hydrogen-bond acceptors (Lipinski definition) is 3. The molecule has 0 saturated carbocycles. The third-order valence-electron chi connectivity index (χ3n) is 4.80. The Bertz CT molecular complexity index is 1030. The van der Waals surface area contributed by atoms with E-state index in [2.05, 4.69) is 17.9 Å². The predicted octanol–water partition coefficient (Wildman–Crippen LogP) is 3.66. The van der Waals surface area contributed by atoms with Crippen molar-refractivity contribution in [2.45, 2.75) is 26.1 Å². The molecular formula is C23H21N3O2. The molecule has 0 fully saturated rings. The van der Waals surface area contributed by atoms with Crippen molar-refractivity contribution in [2.75, 3.05) is 6.54 Å². The fraction of sp³-hybridized carbons (Fsp3) is 0.217. The van der Waals surface area contributed by atoms with Crippen molar-refractivity contribution in [1.82, 2.24) is 14.7 Å². The van der Waals surface area contributed by atoms with Crippen molar-refractivity contribution in [3.63, 3.8) is 0 Å². The van der Waals surface area contributed by atoms with Gasteiger partial charge in [0.2, 0.25) is 0 Å². The van der Waals surface area contributed by atoms with Crippen LogP contribution < -0.4 is 4.74 Å². The van der Waals surface area contributed by atoms with Gasteiger partial charge in [-0.3, -0.25) is 9.48 Å². The predicted molar refractivity (Wildman–Crippen MR) is 107 cm³/mol. The molecule has 140 valence electrons. The largest absolute Gasteiger partial charge is 0.487 e. The second-order valence-corrected chi connectivity index (χ2v) is 6.95. The maximum atomic E-state index is 12.9. The van der Waals surface area contributed by atoms with Crippen LogP contribution in [0.2, 0.25) is 0 Å². The highest BCUT2D eigenvalue weighted by Crippen LogP contribution is 2.24. The first-order valence-corrected chi connectivity index (χ1v) is 9.25. The number of carbonyl (C=O) groups excluding carboxylic acids is 1. The smallest absolute Gasteiger partial charge is 0.272 e. The van der Waals surface area contributed by atoms with Gasteiger partial charge in [-0.05, 0) is 36.8 Å². The number of hydrogen-bond donors (Lipinski definition) is 0. The van der Waals surface area contributed by atoms with E-state index in [9.17, 15) is 4.79 Å². The average molecular weight is 371 g/mol. The van der Waals surface area contributed by atoms with Crippen LogP contribution in [0, 0.1) is 12.3 Å². The monoisotopic (exact) mass is 371 g/mol. The highest BCUT2D eigenvalue weighted by molar-refractivity contribution is 5.93. The normalized spacial score (nSPS) is 15.8. The molecule has 1 aliphatic rings. The summed E-state index contributed by atoms with van der Waals surface area (Å²) in [5.41, 5.74) is 3.21. The summed E-state index contributed by atoms with van der Waals surface area (Å²) >= 11 is 0. The number of rotatable bonds is 5. The second kappa shape index (κ2) is 7.61. The minimum atomic E-state index is -0.00460. The van der Waals surface area contributed by atoms with Crippen LogP contribution in [0.1, 0.15) is 40.3 Å². The van der Waals surface area contributed by atoms with Gasteiger partial charge in [0.1, 0.15) is 23.7 Å². The Morgan fingerprint density at radius 3 is 2.79 bits per heavy atom. The lowest BCUT2D eigenvalue weighted by atomic mass is 10.1. The quantitative estimate of drug-likeness (QED) is 0.643. The van der Waals surface area contributed by atoms with Crippen LogP contribution in [0.5, 0.6) is 5.75 Å². The SMILES string of the molecule is C#Cc1cccc(OCc2cc3n(n2)C(C)CN(Cc2ccccc2)C3=O)c1. The summed E-state index contributed by atoms with van der Waals surface area (Å²) in [6.45, 7) is 3.58. The number of aromatic nitrogens is 2. The van der Waals surface area contributed by atoms with Gasteiger partial charge < -0.3 is 9.64 Å². The van der Waals surface area contributed by atoms with Gasteiger partial charge in [0.15, 0.2) is 0 Å². The first-order valence-electron chi connectivity index (χ1n) is 9.25. The lowest BCUT2D eigenvalue weighted by Gasteiger charge is -2.31. The highest BCUT2D eigenvalue weighted by atomic mass is 16.5. The molecule has 3 aromatic rings. The van der Waals surface area contributed by atoms with Crippen molar-refractivity contribution in [3.05, 3.63) is 83.2 Å². The first kappa shape index (κ1) is 17.9. The van der Waals surface area contributed by atoms with Gasteiger partial charge in [0.05, 0.1) is 6.04 Å². The van der Waals surface area contributed by atoms with E-state index >= 15 is 0 Å². The standard InChI is InChI=1S/C23H21N3O2/c1-3-18-10-7-11-21(12-18)28-16-20-13-22-23(27)25(14-17(2)26(22)24-20)15-19-8-5-4-6-9-19/h1,4-13,17H,14-16H2,2H3. The van der Waals surface area contributed by atoms with Crippen LogP contribution in [0.4, 0.5) is 0 Å². The molecule has 0 aliphatic carbocycles. The minimum Gasteiger partial charge on any atom is -0.487 e. The summed E-state index contributed by atoms with van der Waals surface area (Å²) in [6, 6.07) is 19.3. The van der Waals surface area contributed by atoms with Crippen LogP contribution >= 0.6 is 0 Å². The molecule has 0 bridgehead atoms. The molecule has 2 heterocycles. The number of amides is 1. The number of ether oxygens (including phenoxy) is 1. The third-order valence-corrected chi connectivity index (χ3v) is 4.80. The zero-order valence-corrected chi connectivity index (χ0v) is 15.7. The molecule has 0 saturated heterocycles. The first-order chi connectivity index (χ1) is 13.6. The Labute approximate surface area is 164 Å². The molecule has 1 atom stereocenters. The maximum Gasteiger partial charge on any atom is 0.272 e. The molecule has 1 aromatic heterocycles. The Balaban J connectivity index is 1.49. The second-order valence-electron chi connectivity index (χ2n) is 6.95. The van der Waals surface area contributed by atoms with Gasteiger partial charge in [-0.25, -0.2) is 0 Å². The van der Waals surface area contributed by atoms with Gasteiger partial charge in [0.25, 0.3) is 5.91 Å². The van der Waals surface area contributed by atoms with Gasteiger partial charge in [0, 0.05) is 18.7 Å². The Hall–Kier alpha value is -3.52. The van der Waals surface area contributed by atoms with Crippen molar-refractivity contribution >= 4 is 5.91 Å². The van der Waals surface area contributed by atoms with Crippen LogP contribution in [0.15, 0.2) is 60.7 Å². The maximum absolute atomic E-state index is 12.9. The van der Waals surface area contributed by atoms with Gasteiger partial charge in [-0.1, -0.05) is 42.3 Å². The number of carbonyl (C=O) groups is 1. The summed E-state index contributed by atoms with van der Waals surface area (Å²) in [6.07, 6.45) is 5.43. The van der Waals surface area contributed by atoms with Crippen LogP contribution in [-0.2, 0) is 13.2 Å². The molecule has 5 heteroatoms. The Morgan fingerprint density at radius 2 is 2.00 bits per heavy atom. The van der Waals surface area contributed by atoms with E-state index < -0.39 is 0 Å². The minimum absolute atomic E-state index is 0.00460. The summed E-state index contributed by atoms with van der Waals surface area (Å²) in [7, 11) is 0. The van der Waals surface area contributed by atoms with E-state index in [-0.39, 0.29) is 18.6 Å². The van der Waals surface area contributed by atoms with Gasteiger partial charge >= 0.3 is 0 Å². The molecular weight excluding hydrogens is 350 g/mol. The van der Waals surface area contributed by atoms with Crippen molar-refractivity contribution in [3.8, 4) is 18.1 Å². The van der Waals surface area contributed by atoms with E-state index in [1.165, 1.54) is 0 Å². The fourth-order valence-electron chi connectivity index (χ4n) is 3.43. The highest BCUT2D eigenvalue weighted by Gasteiger charge is 2.30. The number of nitrogens with zero attached hydrogens (tertiary/aromatic N) is 3. The number of benzene rings is 2. The van der Waals surface area contributed by atoms with E-state index in [0.717, 1.165) is 16.8 Å². The topological polar surface area (TPSA) is 47.4 Å². The molecule has 4 rings (SSSR count). The third kappa shape index (κ3) is 3.63. The van der Waals surface area contributed by atoms with E-state index in [4.69, 9.17) is 11.2 Å². The van der Waals surface area contributed by atoms with Crippen LogP contribution in [-0.4, -0.2) is 27.1 Å². The number of terminal acetylenes is 1. The molecule has 1 unspecified atom stereocenters. The lowest BCUT2D eigenvalue weighted by Crippen LogP contribution is -2.41. The van der Waals surface area contributed by atoms with Crippen molar-refractivity contribution in [1.29, 1.82) is 0 Å². The molecule has 2 aromatic carbocycles. The molecule has 28 heavy (non-hydrogen) atoms. The van der Waals surface area contributed by atoms with E-state index in [1.807, 2.05) is 65.6 Å². The zero-order chi connectivity index (χ0) is 19.5. The lowest BCUT2D eigenvalue weighted by molar-refractivity contribution is 0.0651. The number of fused-ring (bicyclic) bond motifs is 1. The molecule has 5 nitrogen and oxygen atoms in total. The van der Waals surface area contributed by atoms with Crippen molar-refractivity contribution in [2.24, 2.45) is 0 Å². The fourth-order valence-corrected chi connectivity index (χ4v) is 3.43. The Morgan fingerprint density at radius 1 is 1.18 bits per heavy atom. The summed E-state index contributed by atoms with van der Waals surface area (Å²) in [4.78, 5) is 14.8. The molecule has 0 spiro atoms. The van der Waals surface area contributed by atoms with E-state index in [0.29, 0.717) is 24.5 Å². The molecule has 1 amide bonds. The summed E-state index contributed by atoms with van der Waals surface area (Å²) < 4.78 is 7.61. The molecule has 1 aliphatic heterocycles. The molecule has 0 N–H and O–H groups in total. The summed E-state index contributed by atoms with van der Waals surface area (Å²) in [5, 5.41) is 4.59. The molecule has 0 radical (unpaired) electrons. The van der Waals surface area contributed by atoms with Gasteiger partial charge in [-0.2, -0.15) is 5.10 Å². The average Bonchev–Trinajstić information content (AvgIpc) is 3.16. The van der Waals surface area contributed by atoms with Crippen LogP contribution in [0.25, 0.3) is 0 Å². The van der Waals surface area contributed by atoms with Crippen LogP contribution in [0.3, 0.4) is 0 Å². The van der Waals surface area contributed by atoms with Gasteiger partial charge in [-0.15, -0.1) is 6.42 Å².